The quantitative estimate of drug-likeness (QED) is 0.754. The number of nitrogens with zero attached hydrogens (tertiary/aromatic N) is 2. The van der Waals surface area contributed by atoms with E-state index in [1.54, 1.807) is 7.11 Å². The van der Waals surface area contributed by atoms with Crippen molar-refractivity contribution >= 4 is 5.91 Å². The standard InChI is InChI=1S/C22H28N2O3/c1-3-27-21-10-4-18(5-11-21)16-22(25)24-14-12-23(13-15-24)17-19-6-8-20(26-2)9-7-19/h4-11H,3,12-17H2,1-2H3. The van der Waals surface area contributed by atoms with Crippen molar-refractivity contribution < 1.29 is 14.3 Å². The highest BCUT2D eigenvalue weighted by atomic mass is 16.5. The molecule has 1 amide bonds. The van der Waals surface area contributed by atoms with Gasteiger partial charge in [0.2, 0.25) is 5.91 Å². The van der Waals surface area contributed by atoms with Gasteiger partial charge in [-0.05, 0) is 42.3 Å². The van der Waals surface area contributed by atoms with E-state index in [4.69, 9.17) is 9.47 Å². The summed E-state index contributed by atoms with van der Waals surface area (Å²) in [5.74, 6) is 1.92. The summed E-state index contributed by atoms with van der Waals surface area (Å²) in [7, 11) is 1.68. The van der Waals surface area contributed by atoms with Crippen LogP contribution in [0.3, 0.4) is 0 Å². The maximum atomic E-state index is 12.6. The van der Waals surface area contributed by atoms with E-state index < -0.39 is 0 Å². The van der Waals surface area contributed by atoms with Gasteiger partial charge in [0.05, 0.1) is 20.1 Å². The maximum Gasteiger partial charge on any atom is 0.227 e. The third-order valence-electron chi connectivity index (χ3n) is 4.88. The zero-order chi connectivity index (χ0) is 19.1. The van der Waals surface area contributed by atoms with Gasteiger partial charge in [0.25, 0.3) is 0 Å². The normalized spacial score (nSPS) is 14.8. The number of amides is 1. The predicted octanol–water partition coefficient (Wildman–Crippen LogP) is 2.98. The smallest absolute Gasteiger partial charge is 0.227 e. The van der Waals surface area contributed by atoms with E-state index in [1.807, 2.05) is 48.2 Å². The Hall–Kier alpha value is -2.53. The van der Waals surface area contributed by atoms with Crippen LogP contribution in [0.15, 0.2) is 48.5 Å². The SMILES string of the molecule is CCOc1ccc(CC(=O)N2CCN(Cc3ccc(OC)cc3)CC2)cc1. The lowest BCUT2D eigenvalue weighted by atomic mass is 10.1. The van der Waals surface area contributed by atoms with E-state index in [-0.39, 0.29) is 5.91 Å². The van der Waals surface area contributed by atoms with Crippen LogP contribution in [0.25, 0.3) is 0 Å². The van der Waals surface area contributed by atoms with E-state index in [0.717, 1.165) is 49.8 Å². The minimum Gasteiger partial charge on any atom is -0.497 e. The summed E-state index contributed by atoms with van der Waals surface area (Å²) in [5, 5.41) is 0. The largest absolute Gasteiger partial charge is 0.497 e. The topological polar surface area (TPSA) is 42.0 Å². The average molecular weight is 368 g/mol. The number of piperazine rings is 1. The summed E-state index contributed by atoms with van der Waals surface area (Å²) in [4.78, 5) is 16.9. The molecule has 5 nitrogen and oxygen atoms in total. The van der Waals surface area contributed by atoms with Gasteiger partial charge in [0, 0.05) is 32.7 Å². The van der Waals surface area contributed by atoms with Crippen LogP contribution >= 0.6 is 0 Å². The fraction of sp³-hybridized carbons (Fsp3) is 0.409. The third-order valence-corrected chi connectivity index (χ3v) is 4.88. The van der Waals surface area contributed by atoms with Gasteiger partial charge in [-0.3, -0.25) is 9.69 Å². The van der Waals surface area contributed by atoms with Gasteiger partial charge in [-0.2, -0.15) is 0 Å². The molecule has 144 valence electrons. The van der Waals surface area contributed by atoms with Gasteiger partial charge in [-0.1, -0.05) is 24.3 Å². The van der Waals surface area contributed by atoms with Crippen LogP contribution in [-0.2, 0) is 17.8 Å². The van der Waals surface area contributed by atoms with Crippen molar-refractivity contribution in [3.63, 3.8) is 0 Å². The van der Waals surface area contributed by atoms with Crippen molar-refractivity contribution in [2.45, 2.75) is 19.9 Å². The number of methoxy groups -OCH3 is 1. The summed E-state index contributed by atoms with van der Waals surface area (Å²) in [6, 6.07) is 16.0. The van der Waals surface area contributed by atoms with Crippen molar-refractivity contribution in [3.8, 4) is 11.5 Å². The van der Waals surface area contributed by atoms with Crippen molar-refractivity contribution in [2.75, 3.05) is 39.9 Å². The summed E-state index contributed by atoms with van der Waals surface area (Å²) < 4.78 is 10.7. The molecule has 1 aliphatic heterocycles. The predicted molar refractivity (Wildman–Crippen MR) is 106 cm³/mol. The lowest BCUT2D eigenvalue weighted by Gasteiger charge is -2.35. The Morgan fingerprint density at radius 1 is 0.889 bits per heavy atom. The van der Waals surface area contributed by atoms with Crippen LogP contribution < -0.4 is 9.47 Å². The van der Waals surface area contributed by atoms with E-state index in [1.165, 1.54) is 5.56 Å². The third kappa shape index (κ3) is 5.47. The van der Waals surface area contributed by atoms with Crippen LogP contribution in [0.5, 0.6) is 11.5 Å². The molecule has 0 aromatic heterocycles. The Morgan fingerprint density at radius 3 is 2.07 bits per heavy atom. The molecule has 1 saturated heterocycles. The molecule has 1 aliphatic rings. The van der Waals surface area contributed by atoms with Crippen LogP contribution in [0.2, 0.25) is 0 Å². The van der Waals surface area contributed by atoms with Crippen molar-refractivity contribution in [1.29, 1.82) is 0 Å². The first kappa shape index (κ1) is 19.2. The molecular formula is C22H28N2O3. The molecule has 0 unspecified atom stereocenters. The number of carbonyl (C=O) groups is 1. The summed E-state index contributed by atoms with van der Waals surface area (Å²) in [5.41, 5.74) is 2.30. The van der Waals surface area contributed by atoms with E-state index in [9.17, 15) is 4.79 Å². The monoisotopic (exact) mass is 368 g/mol. The number of hydrogen-bond acceptors (Lipinski definition) is 4. The van der Waals surface area contributed by atoms with Crippen molar-refractivity contribution in [3.05, 3.63) is 59.7 Å². The molecule has 0 saturated carbocycles. The Kier molecular flexibility index (Phi) is 6.71. The van der Waals surface area contributed by atoms with Crippen molar-refractivity contribution in [2.24, 2.45) is 0 Å². The van der Waals surface area contributed by atoms with Gasteiger partial charge >= 0.3 is 0 Å². The molecule has 0 N–H and O–H groups in total. The Morgan fingerprint density at radius 2 is 1.48 bits per heavy atom. The first-order valence-electron chi connectivity index (χ1n) is 9.52. The molecular weight excluding hydrogens is 340 g/mol. The lowest BCUT2D eigenvalue weighted by Crippen LogP contribution is -2.48. The Labute approximate surface area is 161 Å². The van der Waals surface area contributed by atoms with Gasteiger partial charge < -0.3 is 14.4 Å². The second-order valence-corrected chi connectivity index (χ2v) is 6.76. The summed E-state index contributed by atoms with van der Waals surface area (Å²) in [6.07, 6.45) is 0.449. The van der Waals surface area contributed by atoms with Crippen LogP contribution in [0.1, 0.15) is 18.1 Å². The zero-order valence-corrected chi connectivity index (χ0v) is 16.2. The van der Waals surface area contributed by atoms with Crippen LogP contribution in [0.4, 0.5) is 0 Å². The molecule has 2 aromatic rings. The molecule has 27 heavy (non-hydrogen) atoms. The Bertz CT molecular complexity index is 720. The van der Waals surface area contributed by atoms with E-state index in [2.05, 4.69) is 17.0 Å². The molecule has 1 heterocycles. The number of hydrogen-bond donors (Lipinski definition) is 0. The number of benzene rings is 2. The molecule has 5 heteroatoms. The van der Waals surface area contributed by atoms with Crippen molar-refractivity contribution in [1.82, 2.24) is 9.80 Å². The molecule has 3 rings (SSSR count). The van der Waals surface area contributed by atoms with Gasteiger partial charge in [0.1, 0.15) is 11.5 Å². The minimum absolute atomic E-state index is 0.197. The van der Waals surface area contributed by atoms with Gasteiger partial charge in [0.15, 0.2) is 0 Å². The summed E-state index contributed by atoms with van der Waals surface area (Å²) >= 11 is 0. The van der Waals surface area contributed by atoms with Gasteiger partial charge in [-0.15, -0.1) is 0 Å². The zero-order valence-electron chi connectivity index (χ0n) is 16.2. The molecule has 0 atom stereocenters. The summed E-state index contributed by atoms with van der Waals surface area (Å²) in [6.45, 7) is 6.90. The fourth-order valence-corrected chi connectivity index (χ4v) is 3.30. The minimum atomic E-state index is 0.197. The number of carbonyl (C=O) groups excluding carboxylic acids is 1. The molecule has 0 spiro atoms. The first-order valence-corrected chi connectivity index (χ1v) is 9.52. The number of rotatable bonds is 7. The van der Waals surface area contributed by atoms with E-state index in [0.29, 0.717) is 13.0 Å². The average Bonchev–Trinajstić information content (AvgIpc) is 2.71. The highest BCUT2D eigenvalue weighted by Gasteiger charge is 2.21. The fourth-order valence-electron chi connectivity index (χ4n) is 3.30. The molecule has 0 aliphatic carbocycles. The molecule has 0 bridgehead atoms. The first-order chi connectivity index (χ1) is 13.2. The van der Waals surface area contributed by atoms with Crippen LogP contribution in [0, 0.1) is 0 Å². The second kappa shape index (κ2) is 9.42. The Balaban J connectivity index is 1.45. The lowest BCUT2D eigenvalue weighted by molar-refractivity contribution is -0.132. The second-order valence-electron chi connectivity index (χ2n) is 6.76. The highest BCUT2D eigenvalue weighted by Crippen LogP contribution is 2.16. The maximum absolute atomic E-state index is 12.6. The molecule has 0 radical (unpaired) electrons. The van der Waals surface area contributed by atoms with Gasteiger partial charge in [-0.25, -0.2) is 0 Å². The number of ether oxygens (including phenoxy) is 2. The molecule has 2 aromatic carbocycles. The van der Waals surface area contributed by atoms with Crippen LogP contribution in [-0.4, -0.2) is 55.6 Å². The molecule has 1 fully saturated rings. The highest BCUT2D eigenvalue weighted by molar-refractivity contribution is 5.79. The van der Waals surface area contributed by atoms with E-state index >= 15 is 0 Å².